The first-order valence-electron chi connectivity index (χ1n) is 12.5. The lowest BCUT2D eigenvalue weighted by Gasteiger charge is -2.32. The second-order valence-electron chi connectivity index (χ2n) is 9.54. The molecule has 0 amide bonds. The van der Waals surface area contributed by atoms with Crippen molar-refractivity contribution >= 4 is 11.8 Å². The molecule has 8 heteroatoms. The number of para-hydroxylation sites is 1. The smallest absolute Gasteiger partial charge is 0.336 e. The van der Waals surface area contributed by atoms with Crippen LogP contribution in [-0.2, 0) is 28.0 Å². The Kier molecular flexibility index (Phi) is 8.31. The molecule has 0 fully saturated rings. The highest BCUT2D eigenvalue weighted by Gasteiger charge is 2.34. The Hall–Kier alpha value is -4.33. The number of esters is 1. The van der Waals surface area contributed by atoms with Crippen molar-refractivity contribution in [3.63, 3.8) is 0 Å². The Morgan fingerprint density at radius 2 is 1.95 bits per heavy atom. The van der Waals surface area contributed by atoms with E-state index in [4.69, 9.17) is 14.6 Å². The summed E-state index contributed by atoms with van der Waals surface area (Å²) in [5.74, 6) is 0.828. The van der Waals surface area contributed by atoms with Crippen LogP contribution in [0.3, 0.4) is 0 Å². The molecule has 0 radical (unpaired) electrons. The number of phenolic OH excluding ortho intramolecular Hbond substituents is 1. The number of ether oxygens (including phenoxy) is 2. The van der Waals surface area contributed by atoms with Gasteiger partial charge in [-0.3, -0.25) is 4.79 Å². The molecule has 3 aromatic rings. The number of dihydropyridines is 1. The molecule has 198 valence electrons. The van der Waals surface area contributed by atoms with Crippen LogP contribution in [0.4, 0.5) is 0 Å². The third-order valence-corrected chi connectivity index (χ3v) is 6.82. The number of hydrogen-bond acceptors (Lipinski definition) is 7. The van der Waals surface area contributed by atoms with Crippen molar-refractivity contribution in [3.05, 3.63) is 100 Å². The zero-order valence-electron chi connectivity index (χ0n) is 22.2. The Morgan fingerprint density at radius 3 is 2.61 bits per heavy atom. The number of aromatic hydroxyl groups is 1. The zero-order chi connectivity index (χ0) is 27.2. The van der Waals surface area contributed by atoms with Gasteiger partial charge in [0.2, 0.25) is 0 Å². The summed E-state index contributed by atoms with van der Waals surface area (Å²) in [6, 6.07) is 15.0. The van der Waals surface area contributed by atoms with Gasteiger partial charge in [0.05, 0.1) is 30.9 Å². The number of Topliss-reactive ketones (excluding diaryl/α,β-unsaturated/α-hetero) is 1. The van der Waals surface area contributed by atoms with Gasteiger partial charge in [0.15, 0.2) is 5.78 Å². The monoisotopic (exact) mass is 515 g/mol. The molecule has 38 heavy (non-hydrogen) atoms. The predicted octanol–water partition coefficient (Wildman–Crippen LogP) is 4.84. The van der Waals surface area contributed by atoms with Crippen molar-refractivity contribution in [1.82, 2.24) is 14.9 Å². The molecule has 2 aliphatic rings. The minimum Gasteiger partial charge on any atom is -0.508 e. The summed E-state index contributed by atoms with van der Waals surface area (Å²) >= 11 is 0. The molecule has 0 saturated heterocycles. The van der Waals surface area contributed by atoms with E-state index >= 15 is 0 Å². The second-order valence-corrected chi connectivity index (χ2v) is 9.54. The number of nitrogens with one attached hydrogen (secondary N) is 1. The average molecular weight is 516 g/mol. The fourth-order valence-electron chi connectivity index (χ4n) is 4.73. The van der Waals surface area contributed by atoms with E-state index in [2.05, 4.69) is 10.3 Å². The quantitative estimate of drug-likeness (QED) is 0.469. The predicted molar refractivity (Wildman–Crippen MR) is 143 cm³/mol. The average Bonchev–Trinajstić information content (AvgIpc) is 3.31. The fraction of sp³-hybridized carbons (Fsp3) is 0.300. The van der Waals surface area contributed by atoms with Crippen LogP contribution in [-0.4, -0.2) is 33.5 Å². The second kappa shape index (κ2) is 11.8. The first-order valence-corrected chi connectivity index (χ1v) is 12.5. The summed E-state index contributed by atoms with van der Waals surface area (Å²) in [6.07, 6.45) is 4.73. The molecule has 2 heterocycles. The highest BCUT2D eigenvalue weighted by atomic mass is 16.5. The summed E-state index contributed by atoms with van der Waals surface area (Å²) in [6.45, 7) is 3.93. The minimum absolute atomic E-state index is 0.0473. The number of methoxy groups -OCH3 is 1. The summed E-state index contributed by atoms with van der Waals surface area (Å²) < 4.78 is 12.7. The third-order valence-electron chi connectivity index (χ3n) is 6.82. The Morgan fingerprint density at radius 1 is 1.16 bits per heavy atom. The molecule has 1 aliphatic carbocycles. The van der Waals surface area contributed by atoms with Gasteiger partial charge in [-0.2, -0.15) is 0 Å². The van der Waals surface area contributed by atoms with Crippen LogP contribution in [0.5, 0.6) is 11.5 Å². The van der Waals surface area contributed by atoms with Crippen molar-refractivity contribution < 1.29 is 24.2 Å². The van der Waals surface area contributed by atoms with Crippen molar-refractivity contribution in [2.24, 2.45) is 7.05 Å². The number of ketones is 1. The summed E-state index contributed by atoms with van der Waals surface area (Å²) in [4.78, 5) is 29.6. The van der Waals surface area contributed by atoms with Crippen molar-refractivity contribution in [3.8, 4) is 11.5 Å². The van der Waals surface area contributed by atoms with Gasteiger partial charge in [0, 0.05) is 42.8 Å². The van der Waals surface area contributed by atoms with Crippen LogP contribution in [0, 0.1) is 6.92 Å². The topological polar surface area (TPSA) is 103 Å². The van der Waals surface area contributed by atoms with Crippen LogP contribution < -0.4 is 10.1 Å². The maximum Gasteiger partial charge on any atom is 0.336 e. The van der Waals surface area contributed by atoms with Crippen molar-refractivity contribution in [2.75, 3.05) is 7.11 Å². The largest absolute Gasteiger partial charge is 0.508 e. The van der Waals surface area contributed by atoms with Crippen LogP contribution in [0.15, 0.2) is 83.6 Å². The summed E-state index contributed by atoms with van der Waals surface area (Å²) in [5.41, 5.74) is 5.73. The normalized spacial score (nSPS) is 16.7. The van der Waals surface area contributed by atoms with Gasteiger partial charge in [-0.15, -0.1) is 0 Å². The van der Waals surface area contributed by atoms with Gasteiger partial charge < -0.3 is 24.5 Å². The van der Waals surface area contributed by atoms with E-state index in [1.165, 1.54) is 0 Å². The number of carbonyl (C=O) groups excluding carboxylic acids is 2. The standard InChI is InChI=1S/C23H25N3O4.C7H8O/c1-14-18(23(28)30-12-16-11-24-13-26(16)2)10-19-20(25-14)8-15(9-21(19)27)17-6-4-5-7-22(17)29-3;1-6-3-2-4-7(8)5-6/h4-7,11,13,15,25H,8-10,12H2,1-3H3;2-5,8H,1H3/t15-;/m1./s1. The lowest BCUT2D eigenvalue weighted by Crippen LogP contribution is -2.31. The van der Waals surface area contributed by atoms with Crippen LogP contribution in [0.1, 0.15) is 48.9 Å². The molecule has 2 N–H and O–H groups in total. The Bertz CT molecular complexity index is 1380. The first-order chi connectivity index (χ1) is 18.3. The molecule has 0 spiro atoms. The molecular formula is C30H33N3O5. The molecular weight excluding hydrogens is 482 g/mol. The summed E-state index contributed by atoms with van der Waals surface area (Å²) in [5, 5.41) is 12.1. The number of aryl methyl sites for hydroxylation is 2. The number of rotatable bonds is 5. The van der Waals surface area contributed by atoms with Gasteiger partial charge in [-0.05, 0) is 49.6 Å². The van der Waals surface area contributed by atoms with E-state index in [0.717, 1.165) is 34.0 Å². The summed E-state index contributed by atoms with van der Waals surface area (Å²) in [7, 11) is 3.49. The van der Waals surface area contributed by atoms with E-state index in [0.29, 0.717) is 36.2 Å². The lowest BCUT2D eigenvalue weighted by molar-refractivity contribution is -0.140. The molecule has 0 bridgehead atoms. The van der Waals surface area contributed by atoms with Gasteiger partial charge in [-0.25, -0.2) is 9.78 Å². The van der Waals surface area contributed by atoms with Crippen LogP contribution in [0.25, 0.3) is 0 Å². The minimum atomic E-state index is -0.410. The molecule has 1 aromatic heterocycles. The molecule has 0 unspecified atom stereocenters. The number of carbonyl (C=O) groups is 2. The van der Waals surface area contributed by atoms with Gasteiger partial charge in [-0.1, -0.05) is 30.3 Å². The molecule has 8 nitrogen and oxygen atoms in total. The number of phenols is 1. The fourth-order valence-corrected chi connectivity index (χ4v) is 4.73. The van der Waals surface area contributed by atoms with E-state index < -0.39 is 5.97 Å². The van der Waals surface area contributed by atoms with E-state index in [1.807, 2.05) is 57.3 Å². The van der Waals surface area contributed by atoms with Crippen molar-refractivity contribution in [1.29, 1.82) is 0 Å². The van der Waals surface area contributed by atoms with Gasteiger partial charge >= 0.3 is 5.97 Å². The molecule has 1 aliphatic heterocycles. The van der Waals surface area contributed by atoms with E-state index in [-0.39, 0.29) is 18.3 Å². The van der Waals surface area contributed by atoms with E-state index in [9.17, 15) is 9.59 Å². The number of allylic oxidation sites excluding steroid dienone is 3. The maximum absolute atomic E-state index is 13.0. The van der Waals surface area contributed by atoms with Crippen molar-refractivity contribution in [2.45, 2.75) is 45.6 Å². The lowest BCUT2D eigenvalue weighted by atomic mass is 9.78. The Labute approximate surface area is 222 Å². The number of aromatic nitrogens is 2. The highest BCUT2D eigenvalue weighted by molar-refractivity contribution is 6.01. The first kappa shape index (κ1) is 26.7. The number of hydrogen-bond donors (Lipinski definition) is 2. The SMILES string of the molecule is COc1ccccc1[C@H]1CC(=O)C2=C(C1)NC(C)=C(C(=O)OCc1cncn1C)C2.Cc1cccc(O)c1. The number of imidazole rings is 1. The van der Waals surface area contributed by atoms with Gasteiger partial charge in [0.25, 0.3) is 0 Å². The third kappa shape index (κ3) is 6.14. The molecule has 0 saturated carbocycles. The molecule has 5 rings (SSSR count). The number of benzene rings is 2. The number of nitrogens with zero attached hydrogens (tertiary/aromatic N) is 2. The highest BCUT2D eigenvalue weighted by Crippen LogP contribution is 2.41. The molecule has 2 aromatic carbocycles. The Balaban J connectivity index is 0.000000360. The van der Waals surface area contributed by atoms with Crippen LogP contribution >= 0.6 is 0 Å². The van der Waals surface area contributed by atoms with Gasteiger partial charge in [0.1, 0.15) is 18.1 Å². The zero-order valence-corrected chi connectivity index (χ0v) is 22.2. The molecule has 1 atom stereocenters. The van der Waals surface area contributed by atoms with Crippen LogP contribution in [0.2, 0.25) is 0 Å². The maximum atomic E-state index is 13.0. The van der Waals surface area contributed by atoms with E-state index in [1.54, 1.807) is 36.3 Å².